The molecule has 0 amide bonds. The first-order valence-corrected chi connectivity index (χ1v) is 13.4. The Labute approximate surface area is 219 Å². The molecule has 0 aliphatic heterocycles. The summed E-state index contributed by atoms with van der Waals surface area (Å²) < 4.78 is 5.50. The summed E-state index contributed by atoms with van der Waals surface area (Å²) in [5.74, 6) is 0.768. The predicted octanol–water partition coefficient (Wildman–Crippen LogP) is 2.01. The third kappa shape index (κ3) is 10.8. The van der Waals surface area contributed by atoms with Gasteiger partial charge >= 0.3 is 5.97 Å². The van der Waals surface area contributed by atoms with Gasteiger partial charge in [-0.25, -0.2) is 4.79 Å². The van der Waals surface area contributed by atoms with E-state index in [1.165, 1.54) is 5.56 Å². The summed E-state index contributed by atoms with van der Waals surface area (Å²) in [4.78, 5) is 19.7. The average Bonchev–Trinajstić information content (AvgIpc) is 3.19. The second-order valence-electron chi connectivity index (χ2n) is 9.83. The molecule has 0 saturated heterocycles. The SMILES string of the molecule is CCCCCC(O)CC[C@@H]1[C@H]2Cc3cccc(OCC(=O)O)c3C[C@H]2C[C@H]1O.OCCONOCCO. The molecule has 2 aliphatic rings. The standard InChI is InChI=1S/C23H34O5.C4H11NO4/c1-2-3-4-7-17(24)9-10-18-19-11-15-6-5-8-22(28-14-23(26)27)20(15)12-16(19)13-21(18)25;6-1-3-8-5-9-4-2-7/h5-6,8,16-19,21,24-25H,2-4,7,9-14H2,1H3,(H,26,27);5-7H,1-4H2/t16-,17?,18+,19-,21+;/m0./s1. The highest BCUT2D eigenvalue weighted by Gasteiger charge is 2.44. The normalized spacial score (nSPS) is 22.9. The van der Waals surface area contributed by atoms with Crippen LogP contribution in [0.2, 0.25) is 0 Å². The number of nitrogens with one attached hydrogen (secondary N) is 1. The van der Waals surface area contributed by atoms with Crippen molar-refractivity contribution in [3.05, 3.63) is 29.3 Å². The molecule has 0 spiro atoms. The Morgan fingerprint density at radius 2 is 1.84 bits per heavy atom. The lowest BCUT2D eigenvalue weighted by atomic mass is 9.73. The quantitative estimate of drug-likeness (QED) is 0.139. The van der Waals surface area contributed by atoms with E-state index in [1.54, 1.807) is 0 Å². The van der Waals surface area contributed by atoms with Gasteiger partial charge in [0.25, 0.3) is 0 Å². The lowest BCUT2D eigenvalue weighted by molar-refractivity contribution is -0.178. The van der Waals surface area contributed by atoms with Crippen molar-refractivity contribution in [1.29, 1.82) is 0 Å². The summed E-state index contributed by atoms with van der Waals surface area (Å²) in [6, 6.07) is 5.87. The Kier molecular flexibility index (Phi) is 15.0. The maximum absolute atomic E-state index is 10.8. The molecule has 10 heteroatoms. The van der Waals surface area contributed by atoms with Crippen LogP contribution in [-0.4, -0.2) is 76.7 Å². The molecule has 0 heterocycles. The van der Waals surface area contributed by atoms with Crippen LogP contribution >= 0.6 is 0 Å². The van der Waals surface area contributed by atoms with Crippen LogP contribution in [0.3, 0.4) is 0 Å². The topological polar surface area (TPSA) is 158 Å². The monoisotopic (exact) mass is 527 g/mol. The zero-order chi connectivity index (χ0) is 27.0. The minimum Gasteiger partial charge on any atom is -0.482 e. The van der Waals surface area contributed by atoms with Crippen molar-refractivity contribution >= 4 is 5.97 Å². The van der Waals surface area contributed by atoms with Crippen molar-refractivity contribution < 1.29 is 44.7 Å². The third-order valence-corrected chi connectivity index (χ3v) is 7.18. The zero-order valence-electron chi connectivity index (χ0n) is 21.9. The Bertz CT molecular complexity index is 772. The highest BCUT2D eigenvalue weighted by molar-refractivity contribution is 5.68. The van der Waals surface area contributed by atoms with Gasteiger partial charge in [-0.2, -0.15) is 0 Å². The maximum Gasteiger partial charge on any atom is 0.341 e. The minimum atomic E-state index is -0.972. The summed E-state index contributed by atoms with van der Waals surface area (Å²) in [6.07, 6.45) is 7.85. The van der Waals surface area contributed by atoms with Gasteiger partial charge in [0, 0.05) is 0 Å². The second-order valence-corrected chi connectivity index (χ2v) is 9.83. The van der Waals surface area contributed by atoms with Crippen LogP contribution in [0.4, 0.5) is 0 Å². The molecule has 1 saturated carbocycles. The smallest absolute Gasteiger partial charge is 0.341 e. The highest BCUT2D eigenvalue weighted by Crippen LogP contribution is 2.48. The van der Waals surface area contributed by atoms with E-state index in [4.69, 9.17) is 20.1 Å². The van der Waals surface area contributed by atoms with Crippen LogP contribution in [-0.2, 0) is 27.3 Å². The maximum atomic E-state index is 10.8. The molecule has 0 aromatic heterocycles. The van der Waals surface area contributed by atoms with Gasteiger partial charge in [-0.1, -0.05) is 44.0 Å². The highest BCUT2D eigenvalue weighted by atomic mass is 16.9. The molecular formula is C27H45NO9. The number of carboxylic acids is 1. The summed E-state index contributed by atoms with van der Waals surface area (Å²) >= 11 is 0. The van der Waals surface area contributed by atoms with Crippen LogP contribution < -0.4 is 10.4 Å². The number of carbonyl (C=O) groups is 1. The van der Waals surface area contributed by atoms with E-state index in [0.717, 1.165) is 63.4 Å². The fraction of sp³-hybridized carbons (Fsp3) is 0.741. The number of aliphatic hydroxyl groups is 4. The van der Waals surface area contributed by atoms with E-state index in [9.17, 15) is 15.0 Å². The molecule has 0 bridgehead atoms. The number of benzene rings is 1. The molecule has 37 heavy (non-hydrogen) atoms. The average molecular weight is 528 g/mol. The Hall–Kier alpha value is -1.79. The fourth-order valence-corrected chi connectivity index (χ4v) is 5.45. The van der Waals surface area contributed by atoms with Crippen molar-refractivity contribution in [2.45, 2.75) is 76.9 Å². The molecule has 0 radical (unpaired) electrons. The second kappa shape index (κ2) is 17.7. The zero-order valence-corrected chi connectivity index (χ0v) is 21.9. The number of ether oxygens (including phenoxy) is 1. The van der Waals surface area contributed by atoms with E-state index in [0.29, 0.717) is 17.6 Å². The lowest BCUT2D eigenvalue weighted by Gasteiger charge is -2.32. The molecule has 5 atom stereocenters. The summed E-state index contributed by atoms with van der Waals surface area (Å²) in [5.41, 5.74) is 4.39. The van der Waals surface area contributed by atoms with Crippen molar-refractivity contribution in [3.63, 3.8) is 0 Å². The molecule has 6 N–H and O–H groups in total. The number of aliphatic hydroxyl groups excluding tert-OH is 4. The van der Waals surface area contributed by atoms with Crippen molar-refractivity contribution in [2.75, 3.05) is 33.0 Å². The molecule has 1 fully saturated rings. The van der Waals surface area contributed by atoms with Gasteiger partial charge in [0.15, 0.2) is 6.61 Å². The van der Waals surface area contributed by atoms with Crippen molar-refractivity contribution in [1.82, 2.24) is 5.64 Å². The van der Waals surface area contributed by atoms with E-state index in [2.05, 4.69) is 28.3 Å². The molecule has 2 aliphatic carbocycles. The first-order chi connectivity index (χ1) is 17.9. The number of fused-ring (bicyclic) bond motifs is 2. The van der Waals surface area contributed by atoms with Gasteiger partial charge in [-0.15, -0.1) is 0 Å². The predicted molar refractivity (Wildman–Crippen MR) is 137 cm³/mol. The van der Waals surface area contributed by atoms with Crippen molar-refractivity contribution in [3.8, 4) is 5.75 Å². The number of carboxylic acid groups (broad SMARTS) is 1. The molecular weight excluding hydrogens is 482 g/mol. The van der Waals surface area contributed by atoms with E-state index in [-0.39, 0.29) is 51.2 Å². The van der Waals surface area contributed by atoms with Gasteiger partial charge in [-0.05, 0) is 73.5 Å². The van der Waals surface area contributed by atoms with Crippen LogP contribution in [0.15, 0.2) is 18.2 Å². The van der Waals surface area contributed by atoms with Gasteiger partial charge < -0.3 is 30.3 Å². The lowest BCUT2D eigenvalue weighted by Crippen LogP contribution is -2.28. The van der Waals surface area contributed by atoms with Crippen molar-refractivity contribution in [2.24, 2.45) is 17.8 Å². The number of rotatable bonds is 16. The van der Waals surface area contributed by atoms with E-state index >= 15 is 0 Å². The summed E-state index contributed by atoms with van der Waals surface area (Å²) in [7, 11) is 0. The van der Waals surface area contributed by atoms with E-state index in [1.807, 2.05) is 12.1 Å². The molecule has 1 aromatic carbocycles. The first kappa shape index (κ1) is 31.4. The molecule has 1 unspecified atom stereocenters. The van der Waals surface area contributed by atoms with Crippen LogP contribution in [0.25, 0.3) is 0 Å². The summed E-state index contributed by atoms with van der Waals surface area (Å²) in [6.45, 7) is 2.06. The van der Waals surface area contributed by atoms with Gasteiger partial charge in [-0.3, -0.25) is 9.68 Å². The van der Waals surface area contributed by atoms with Crippen LogP contribution in [0, 0.1) is 17.8 Å². The van der Waals surface area contributed by atoms with Gasteiger partial charge in [0.2, 0.25) is 0 Å². The first-order valence-electron chi connectivity index (χ1n) is 13.4. The molecule has 1 aromatic rings. The molecule has 10 nitrogen and oxygen atoms in total. The van der Waals surface area contributed by atoms with Gasteiger partial charge in [0.1, 0.15) is 5.75 Å². The third-order valence-electron chi connectivity index (χ3n) is 7.18. The van der Waals surface area contributed by atoms with Gasteiger partial charge in [0.05, 0.1) is 38.6 Å². The Morgan fingerprint density at radius 3 is 2.49 bits per heavy atom. The van der Waals surface area contributed by atoms with E-state index < -0.39 is 5.97 Å². The summed E-state index contributed by atoms with van der Waals surface area (Å²) in [5, 5.41) is 46.1. The van der Waals surface area contributed by atoms with Crippen LogP contribution in [0.1, 0.15) is 63.0 Å². The number of unbranched alkanes of at least 4 members (excludes halogenated alkanes) is 2. The number of aliphatic carboxylic acids is 1. The number of hydrogen-bond acceptors (Lipinski definition) is 9. The van der Waals surface area contributed by atoms with Crippen LogP contribution in [0.5, 0.6) is 5.75 Å². The Balaban J connectivity index is 0.000000458. The Morgan fingerprint density at radius 1 is 1.11 bits per heavy atom. The molecule has 212 valence electrons. The minimum absolute atomic E-state index is 0.0600. The molecule has 3 rings (SSSR count). The largest absolute Gasteiger partial charge is 0.482 e. The fourth-order valence-electron chi connectivity index (χ4n) is 5.45. The number of hydrogen-bond donors (Lipinski definition) is 6.